The summed E-state index contributed by atoms with van der Waals surface area (Å²) in [6.45, 7) is 2.27. The summed E-state index contributed by atoms with van der Waals surface area (Å²) in [5.74, 6) is 3.16. The number of thiazole rings is 1. The molecule has 2 atom stereocenters. The molecule has 13 heavy (non-hydrogen) atoms. The molecule has 1 aromatic heterocycles. The van der Waals surface area contributed by atoms with Crippen LogP contribution in [0.4, 0.5) is 5.13 Å². The molecule has 1 saturated heterocycles. The molecule has 0 saturated carbocycles. The lowest BCUT2D eigenvalue weighted by molar-refractivity contribution is 0.599. The van der Waals surface area contributed by atoms with Crippen molar-refractivity contribution in [2.24, 2.45) is 5.92 Å². The molecule has 2 rings (SSSR count). The Balaban J connectivity index is 1.97. The number of thioether (sulfide) groups is 1. The molecule has 0 radical (unpaired) electrons. The average Bonchev–Trinajstić information content (AvgIpc) is 2.64. The van der Waals surface area contributed by atoms with Crippen LogP contribution in [0, 0.1) is 5.92 Å². The normalized spacial score (nSPS) is 27.8. The Bertz CT molecular complexity index is 289. The van der Waals surface area contributed by atoms with Crippen LogP contribution in [0.1, 0.15) is 6.92 Å². The molecule has 2 nitrogen and oxygen atoms in total. The fraction of sp³-hybridized carbons (Fsp3) is 0.625. The van der Waals surface area contributed by atoms with Crippen molar-refractivity contribution in [3.63, 3.8) is 0 Å². The first-order valence-corrected chi connectivity index (χ1v) is 6.62. The standard InChI is InChI=1S/C8H11ClN2S2/c1-5-2-12-3-6(5)10-8-11-7(9)4-13-8/h4-6H,2-3H2,1H3,(H,10,11). The summed E-state index contributed by atoms with van der Waals surface area (Å²) in [4.78, 5) is 4.17. The maximum atomic E-state index is 5.74. The van der Waals surface area contributed by atoms with Crippen LogP contribution < -0.4 is 5.32 Å². The number of hydrogen-bond acceptors (Lipinski definition) is 4. The first-order chi connectivity index (χ1) is 6.25. The second-order valence-electron chi connectivity index (χ2n) is 3.24. The second-order valence-corrected chi connectivity index (χ2v) is 5.56. The number of nitrogens with zero attached hydrogens (tertiary/aromatic N) is 1. The summed E-state index contributed by atoms with van der Waals surface area (Å²) in [5, 5.41) is 6.81. The summed E-state index contributed by atoms with van der Waals surface area (Å²) in [7, 11) is 0. The van der Waals surface area contributed by atoms with E-state index in [1.165, 1.54) is 11.5 Å². The maximum Gasteiger partial charge on any atom is 0.184 e. The van der Waals surface area contributed by atoms with E-state index in [0.29, 0.717) is 11.2 Å². The zero-order chi connectivity index (χ0) is 9.26. The van der Waals surface area contributed by atoms with Crippen LogP contribution in [0.2, 0.25) is 5.15 Å². The van der Waals surface area contributed by atoms with Gasteiger partial charge in [0.25, 0.3) is 0 Å². The number of rotatable bonds is 2. The molecule has 72 valence electrons. The number of aromatic nitrogens is 1. The Labute approximate surface area is 91.1 Å². The number of anilines is 1. The van der Waals surface area contributed by atoms with E-state index in [1.54, 1.807) is 11.3 Å². The van der Waals surface area contributed by atoms with Crippen LogP contribution in [-0.4, -0.2) is 22.5 Å². The molecule has 0 spiro atoms. The minimum absolute atomic E-state index is 0.562. The third-order valence-corrected chi connectivity index (χ3v) is 4.60. The van der Waals surface area contributed by atoms with Crippen molar-refractivity contribution in [1.82, 2.24) is 4.98 Å². The van der Waals surface area contributed by atoms with Gasteiger partial charge in [-0.1, -0.05) is 18.5 Å². The highest BCUT2D eigenvalue weighted by Crippen LogP contribution is 2.28. The van der Waals surface area contributed by atoms with Gasteiger partial charge in [-0.15, -0.1) is 11.3 Å². The van der Waals surface area contributed by atoms with Gasteiger partial charge in [-0.25, -0.2) is 4.98 Å². The van der Waals surface area contributed by atoms with Crippen LogP contribution >= 0.6 is 34.7 Å². The van der Waals surface area contributed by atoms with E-state index in [2.05, 4.69) is 17.2 Å². The quantitative estimate of drug-likeness (QED) is 0.852. The molecular weight excluding hydrogens is 224 g/mol. The van der Waals surface area contributed by atoms with E-state index in [4.69, 9.17) is 11.6 Å². The molecule has 0 aliphatic carbocycles. The monoisotopic (exact) mass is 234 g/mol. The molecule has 0 amide bonds. The fourth-order valence-corrected chi connectivity index (χ4v) is 3.63. The summed E-state index contributed by atoms with van der Waals surface area (Å²) in [6.07, 6.45) is 0. The van der Waals surface area contributed by atoms with Gasteiger partial charge in [0.15, 0.2) is 5.13 Å². The van der Waals surface area contributed by atoms with Gasteiger partial charge in [0.2, 0.25) is 0 Å². The Morgan fingerprint density at radius 3 is 3.00 bits per heavy atom. The van der Waals surface area contributed by atoms with Crippen molar-refractivity contribution in [2.45, 2.75) is 13.0 Å². The predicted octanol–water partition coefficient (Wildman–Crippen LogP) is 2.96. The van der Waals surface area contributed by atoms with Crippen molar-refractivity contribution in [1.29, 1.82) is 0 Å². The Morgan fingerprint density at radius 1 is 1.62 bits per heavy atom. The van der Waals surface area contributed by atoms with Gasteiger partial charge in [-0.2, -0.15) is 11.8 Å². The predicted molar refractivity (Wildman–Crippen MR) is 61.0 cm³/mol. The summed E-state index contributed by atoms with van der Waals surface area (Å²) >= 11 is 9.31. The molecule has 2 heterocycles. The first-order valence-electron chi connectivity index (χ1n) is 4.21. The molecule has 0 bridgehead atoms. The van der Waals surface area contributed by atoms with Gasteiger partial charge in [0.05, 0.1) is 0 Å². The van der Waals surface area contributed by atoms with Gasteiger partial charge in [0.1, 0.15) is 5.15 Å². The molecule has 1 aromatic rings. The van der Waals surface area contributed by atoms with Crippen LogP contribution in [0.5, 0.6) is 0 Å². The van der Waals surface area contributed by atoms with E-state index in [9.17, 15) is 0 Å². The zero-order valence-corrected chi connectivity index (χ0v) is 9.68. The zero-order valence-electron chi connectivity index (χ0n) is 7.29. The Morgan fingerprint density at radius 2 is 2.46 bits per heavy atom. The molecule has 5 heteroatoms. The highest BCUT2D eigenvalue weighted by atomic mass is 35.5. The summed E-state index contributed by atoms with van der Waals surface area (Å²) in [6, 6.07) is 0.562. The van der Waals surface area contributed by atoms with E-state index < -0.39 is 0 Å². The second kappa shape index (κ2) is 4.07. The van der Waals surface area contributed by atoms with Crippen LogP contribution in [0.3, 0.4) is 0 Å². The van der Waals surface area contributed by atoms with Crippen molar-refractivity contribution in [3.8, 4) is 0 Å². The van der Waals surface area contributed by atoms with Gasteiger partial charge in [-0.3, -0.25) is 0 Å². The summed E-state index contributed by atoms with van der Waals surface area (Å²) < 4.78 is 0. The van der Waals surface area contributed by atoms with Gasteiger partial charge < -0.3 is 5.32 Å². The molecule has 1 fully saturated rings. The topological polar surface area (TPSA) is 24.9 Å². The lowest BCUT2D eigenvalue weighted by atomic mass is 10.1. The van der Waals surface area contributed by atoms with E-state index in [-0.39, 0.29) is 0 Å². The molecule has 0 aromatic carbocycles. The number of halogens is 1. The van der Waals surface area contributed by atoms with Crippen LogP contribution in [0.25, 0.3) is 0 Å². The van der Waals surface area contributed by atoms with Crippen molar-refractivity contribution < 1.29 is 0 Å². The van der Waals surface area contributed by atoms with Gasteiger partial charge in [-0.05, 0) is 11.7 Å². The lowest BCUT2D eigenvalue weighted by Gasteiger charge is -2.14. The fourth-order valence-electron chi connectivity index (χ4n) is 1.32. The maximum absolute atomic E-state index is 5.74. The molecule has 1 N–H and O–H groups in total. The first kappa shape index (κ1) is 9.62. The van der Waals surface area contributed by atoms with Crippen molar-refractivity contribution in [2.75, 3.05) is 16.8 Å². The Kier molecular flexibility index (Phi) is 3.01. The Hall–Kier alpha value is 0.0700. The van der Waals surface area contributed by atoms with E-state index in [1.807, 2.05) is 17.1 Å². The van der Waals surface area contributed by atoms with Crippen LogP contribution in [-0.2, 0) is 0 Å². The molecule has 1 aliphatic heterocycles. The highest BCUT2D eigenvalue weighted by molar-refractivity contribution is 7.99. The molecule has 2 unspecified atom stereocenters. The van der Waals surface area contributed by atoms with Gasteiger partial charge >= 0.3 is 0 Å². The highest BCUT2D eigenvalue weighted by Gasteiger charge is 2.24. The minimum Gasteiger partial charge on any atom is -0.358 e. The summed E-state index contributed by atoms with van der Waals surface area (Å²) in [5.41, 5.74) is 0. The van der Waals surface area contributed by atoms with Gasteiger partial charge in [0, 0.05) is 17.2 Å². The van der Waals surface area contributed by atoms with Crippen LogP contribution in [0.15, 0.2) is 5.38 Å². The SMILES string of the molecule is CC1CSCC1Nc1nc(Cl)cs1. The third kappa shape index (κ3) is 2.30. The smallest absolute Gasteiger partial charge is 0.184 e. The van der Waals surface area contributed by atoms with Crippen molar-refractivity contribution in [3.05, 3.63) is 10.5 Å². The largest absolute Gasteiger partial charge is 0.358 e. The molecular formula is C8H11ClN2S2. The van der Waals surface area contributed by atoms with E-state index in [0.717, 1.165) is 11.0 Å². The molecule has 1 aliphatic rings. The number of nitrogens with one attached hydrogen (secondary N) is 1. The van der Waals surface area contributed by atoms with Crippen molar-refractivity contribution >= 4 is 39.8 Å². The average molecular weight is 235 g/mol. The lowest BCUT2D eigenvalue weighted by Crippen LogP contribution is -2.25. The van der Waals surface area contributed by atoms with E-state index >= 15 is 0 Å². The third-order valence-electron chi connectivity index (χ3n) is 2.15. The number of hydrogen-bond donors (Lipinski definition) is 1. The minimum atomic E-state index is 0.562.